The van der Waals surface area contributed by atoms with Gasteiger partial charge in [-0.25, -0.2) is 0 Å². The third-order valence-corrected chi connectivity index (χ3v) is 2.07. The third kappa shape index (κ3) is 2.90. The summed E-state index contributed by atoms with van der Waals surface area (Å²) >= 11 is 0. The number of aryl methyl sites for hydroxylation is 1. The molecule has 0 N–H and O–H groups in total. The molecule has 1 amide bonds. The zero-order chi connectivity index (χ0) is 11.4. The average Bonchev–Trinajstić information content (AvgIpc) is 2.64. The van der Waals surface area contributed by atoms with Gasteiger partial charge in [-0.2, -0.15) is 5.10 Å². The maximum absolute atomic E-state index is 11.3. The first-order chi connectivity index (χ1) is 7.04. The Morgan fingerprint density at radius 1 is 1.53 bits per heavy atom. The third-order valence-electron chi connectivity index (χ3n) is 2.07. The molecule has 82 valence electrons. The van der Waals surface area contributed by atoms with E-state index in [1.165, 1.54) is 11.8 Å². The summed E-state index contributed by atoms with van der Waals surface area (Å²) in [6.07, 6.45) is 1.85. The molecule has 0 unspecified atom stereocenters. The van der Waals surface area contributed by atoms with Crippen LogP contribution in [-0.2, 0) is 22.7 Å². The van der Waals surface area contributed by atoms with Gasteiger partial charge in [-0.1, -0.05) is 0 Å². The molecule has 0 aliphatic heterocycles. The second-order valence-corrected chi connectivity index (χ2v) is 3.38. The lowest BCUT2D eigenvalue weighted by atomic mass is 10.3. The van der Waals surface area contributed by atoms with Gasteiger partial charge >= 0.3 is 0 Å². The van der Waals surface area contributed by atoms with Crippen molar-refractivity contribution >= 4 is 11.7 Å². The molecule has 0 saturated heterocycles. The number of nitrogens with zero attached hydrogens (tertiary/aromatic N) is 3. The molecule has 1 aromatic rings. The average molecular weight is 209 g/mol. The number of ketones is 1. The van der Waals surface area contributed by atoms with Crippen molar-refractivity contribution in [3.63, 3.8) is 0 Å². The van der Waals surface area contributed by atoms with Gasteiger partial charge in [-0.05, 0) is 13.0 Å². The number of carbonyl (C=O) groups excluding carboxylic acids is 2. The molecule has 0 saturated carbocycles. The smallest absolute Gasteiger partial charge is 0.289 e. The summed E-state index contributed by atoms with van der Waals surface area (Å²) in [5.41, 5.74) is 0.786. The predicted octanol–water partition coefficient (Wildman–Crippen LogP) is 0.450. The first-order valence-electron chi connectivity index (χ1n) is 4.83. The molecule has 0 aromatic carbocycles. The maximum atomic E-state index is 11.3. The molecule has 0 spiro atoms. The highest BCUT2D eigenvalue weighted by molar-refractivity contribution is 6.34. The number of carbonyl (C=O) groups is 2. The minimum absolute atomic E-state index is 0.366. The lowest BCUT2D eigenvalue weighted by Crippen LogP contribution is -2.31. The van der Waals surface area contributed by atoms with Crippen LogP contribution in [0.15, 0.2) is 12.3 Å². The Bertz CT molecular complexity index is 370. The van der Waals surface area contributed by atoms with Gasteiger partial charge in [0, 0.05) is 26.7 Å². The Morgan fingerprint density at radius 2 is 2.20 bits per heavy atom. The summed E-state index contributed by atoms with van der Waals surface area (Å²) in [6, 6.07) is 1.84. The van der Waals surface area contributed by atoms with Gasteiger partial charge in [0.1, 0.15) is 0 Å². The number of likely N-dealkylation sites (N-methyl/N-ethyl adjacent to an activating group) is 1. The van der Waals surface area contributed by atoms with E-state index in [9.17, 15) is 9.59 Å². The summed E-state index contributed by atoms with van der Waals surface area (Å²) in [5, 5.41) is 4.22. The van der Waals surface area contributed by atoms with Crippen LogP contribution in [0, 0.1) is 0 Å². The molecule has 0 atom stereocenters. The van der Waals surface area contributed by atoms with Crippen molar-refractivity contribution in [2.75, 3.05) is 7.05 Å². The highest BCUT2D eigenvalue weighted by Gasteiger charge is 2.14. The van der Waals surface area contributed by atoms with Crippen LogP contribution in [0.4, 0.5) is 0 Å². The van der Waals surface area contributed by atoms with Crippen molar-refractivity contribution in [1.82, 2.24) is 14.7 Å². The van der Waals surface area contributed by atoms with Crippen LogP contribution < -0.4 is 0 Å². The normalized spacial score (nSPS) is 10.1. The zero-order valence-electron chi connectivity index (χ0n) is 9.23. The van der Waals surface area contributed by atoms with Crippen LogP contribution >= 0.6 is 0 Å². The van der Waals surface area contributed by atoms with Crippen molar-refractivity contribution in [2.24, 2.45) is 0 Å². The van der Waals surface area contributed by atoms with E-state index in [1.54, 1.807) is 11.7 Å². The Morgan fingerprint density at radius 3 is 2.67 bits per heavy atom. The van der Waals surface area contributed by atoms with Crippen molar-refractivity contribution in [2.45, 2.75) is 26.9 Å². The van der Waals surface area contributed by atoms with Crippen LogP contribution in [0.2, 0.25) is 0 Å². The minimum atomic E-state index is -0.485. The Hall–Kier alpha value is -1.65. The van der Waals surface area contributed by atoms with Crippen LogP contribution in [0.3, 0.4) is 0 Å². The molecule has 1 aromatic heterocycles. The second-order valence-electron chi connectivity index (χ2n) is 3.38. The van der Waals surface area contributed by atoms with Crippen molar-refractivity contribution in [1.29, 1.82) is 0 Å². The van der Waals surface area contributed by atoms with Crippen molar-refractivity contribution in [3.05, 3.63) is 18.0 Å². The second kappa shape index (κ2) is 4.72. The summed E-state index contributed by atoms with van der Waals surface area (Å²) in [5.74, 6) is -0.937. The SMILES string of the molecule is CCn1ccc(CN(C)C(=O)C(C)=O)n1. The van der Waals surface area contributed by atoms with Gasteiger partial charge in [-0.3, -0.25) is 14.3 Å². The van der Waals surface area contributed by atoms with E-state index in [0.29, 0.717) is 6.54 Å². The van der Waals surface area contributed by atoms with Gasteiger partial charge in [0.05, 0.1) is 12.2 Å². The molecule has 15 heavy (non-hydrogen) atoms. The highest BCUT2D eigenvalue weighted by Crippen LogP contribution is 2.00. The number of Topliss-reactive ketones (excluding diaryl/α,β-unsaturated/α-hetero) is 1. The van der Waals surface area contributed by atoms with Crippen LogP contribution in [-0.4, -0.2) is 33.4 Å². The summed E-state index contributed by atoms with van der Waals surface area (Å²) < 4.78 is 1.78. The van der Waals surface area contributed by atoms with E-state index < -0.39 is 11.7 Å². The molecular formula is C10H15N3O2. The standard InChI is InChI=1S/C10H15N3O2/c1-4-13-6-5-9(11-13)7-12(3)10(15)8(2)14/h5-6H,4,7H2,1-3H3. The summed E-state index contributed by atoms with van der Waals surface area (Å²) in [7, 11) is 1.59. The topological polar surface area (TPSA) is 55.2 Å². The van der Waals surface area contributed by atoms with Crippen LogP contribution in [0.5, 0.6) is 0 Å². The Balaban J connectivity index is 2.61. The fourth-order valence-electron chi connectivity index (χ4n) is 1.25. The van der Waals surface area contributed by atoms with E-state index >= 15 is 0 Å². The van der Waals surface area contributed by atoms with E-state index in [4.69, 9.17) is 0 Å². The Labute approximate surface area is 88.7 Å². The van der Waals surface area contributed by atoms with E-state index in [-0.39, 0.29) is 0 Å². The zero-order valence-corrected chi connectivity index (χ0v) is 9.23. The minimum Gasteiger partial charge on any atom is -0.333 e. The van der Waals surface area contributed by atoms with Gasteiger partial charge in [-0.15, -0.1) is 0 Å². The first-order valence-corrected chi connectivity index (χ1v) is 4.83. The number of aromatic nitrogens is 2. The first kappa shape index (κ1) is 11.4. The maximum Gasteiger partial charge on any atom is 0.289 e. The lowest BCUT2D eigenvalue weighted by molar-refractivity contribution is -0.143. The number of amides is 1. The van der Waals surface area contributed by atoms with Crippen LogP contribution in [0.1, 0.15) is 19.5 Å². The van der Waals surface area contributed by atoms with Gasteiger partial charge in [0.15, 0.2) is 0 Å². The number of hydrogen-bond acceptors (Lipinski definition) is 3. The molecule has 5 heteroatoms. The van der Waals surface area contributed by atoms with E-state index in [1.807, 2.05) is 19.2 Å². The molecule has 0 fully saturated rings. The molecule has 1 rings (SSSR count). The van der Waals surface area contributed by atoms with Crippen LogP contribution in [0.25, 0.3) is 0 Å². The predicted molar refractivity (Wildman–Crippen MR) is 55.1 cm³/mol. The molecular weight excluding hydrogens is 194 g/mol. The monoisotopic (exact) mass is 209 g/mol. The molecule has 0 aliphatic rings. The van der Waals surface area contributed by atoms with E-state index in [0.717, 1.165) is 12.2 Å². The van der Waals surface area contributed by atoms with Gasteiger partial charge in [0.25, 0.3) is 5.91 Å². The summed E-state index contributed by atoms with van der Waals surface area (Å²) in [6.45, 7) is 4.42. The van der Waals surface area contributed by atoms with Crippen molar-refractivity contribution in [3.8, 4) is 0 Å². The number of hydrogen-bond donors (Lipinski definition) is 0. The van der Waals surface area contributed by atoms with Gasteiger partial charge < -0.3 is 4.90 Å². The molecule has 0 aliphatic carbocycles. The molecule has 0 radical (unpaired) electrons. The Kier molecular flexibility index (Phi) is 3.60. The fourth-order valence-corrected chi connectivity index (χ4v) is 1.25. The lowest BCUT2D eigenvalue weighted by Gasteiger charge is -2.13. The summed E-state index contributed by atoms with van der Waals surface area (Å²) in [4.78, 5) is 23.5. The van der Waals surface area contributed by atoms with Crippen molar-refractivity contribution < 1.29 is 9.59 Å². The molecule has 5 nitrogen and oxygen atoms in total. The highest BCUT2D eigenvalue weighted by atomic mass is 16.2. The molecule has 1 heterocycles. The molecule has 0 bridgehead atoms. The van der Waals surface area contributed by atoms with E-state index in [2.05, 4.69) is 5.10 Å². The quantitative estimate of drug-likeness (QED) is 0.676. The van der Waals surface area contributed by atoms with Gasteiger partial charge in [0.2, 0.25) is 5.78 Å². The number of rotatable bonds is 4. The fraction of sp³-hybridized carbons (Fsp3) is 0.500. The largest absolute Gasteiger partial charge is 0.333 e.